The highest BCUT2D eigenvalue weighted by Crippen LogP contribution is 2.36. The van der Waals surface area contributed by atoms with Gasteiger partial charge in [0.25, 0.3) is 5.56 Å². The van der Waals surface area contributed by atoms with Crippen molar-refractivity contribution in [1.29, 1.82) is 0 Å². The lowest BCUT2D eigenvalue weighted by Crippen LogP contribution is -2.32. The third-order valence-electron chi connectivity index (χ3n) is 5.78. The Morgan fingerprint density at radius 2 is 1.76 bits per heavy atom. The normalized spacial score (nSPS) is 11.9. The van der Waals surface area contributed by atoms with Crippen LogP contribution < -0.4 is 20.3 Å². The van der Waals surface area contributed by atoms with Crippen LogP contribution in [-0.2, 0) is 11.8 Å². The summed E-state index contributed by atoms with van der Waals surface area (Å²) in [6, 6.07) is 13.5. The van der Waals surface area contributed by atoms with Gasteiger partial charge in [-0.15, -0.1) is 0 Å². The number of carbonyl (C=O) groups excluding carboxylic acids is 1. The maximum atomic E-state index is 13.3. The van der Waals surface area contributed by atoms with E-state index in [1.54, 1.807) is 36.9 Å². The molecular formula is C25H25ClN4O4. The first-order valence-electron chi connectivity index (χ1n) is 10.6. The molecule has 9 heteroatoms. The Balaban J connectivity index is 1.81. The van der Waals surface area contributed by atoms with Crippen LogP contribution in [0.3, 0.4) is 0 Å². The van der Waals surface area contributed by atoms with Crippen molar-refractivity contribution >= 4 is 34.2 Å². The molecule has 2 aromatic carbocycles. The lowest BCUT2D eigenvalue weighted by Gasteiger charge is -2.19. The number of nitrogens with zero attached hydrogens (tertiary/aromatic N) is 3. The lowest BCUT2D eigenvalue weighted by molar-refractivity contribution is -0.118. The van der Waals surface area contributed by atoms with Gasteiger partial charge in [-0.1, -0.05) is 41.9 Å². The SMILES string of the molecule is COc1cc(OC)c(NC(=O)C(C)n2c(=O)cc(-c3ccccc3)c3c(C)nn(C)c32)cc1Cl. The molecule has 0 saturated heterocycles. The highest BCUT2D eigenvalue weighted by atomic mass is 35.5. The number of hydrogen-bond donors (Lipinski definition) is 1. The van der Waals surface area contributed by atoms with E-state index in [0.717, 1.165) is 22.2 Å². The van der Waals surface area contributed by atoms with Gasteiger partial charge < -0.3 is 14.8 Å². The van der Waals surface area contributed by atoms with Gasteiger partial charge in [0.15, 0.2) is 0 Å². The zero-order valence-corrected chi connectivity index (χ0v) is 20.3. The first-order chi connectivity index (χ1) is 16.3. The Morgan fingerprint density at radius 1 is 1.09 bits per heavy atom. The summed E-state index contributed by atoms with van der Waals surface area (Å²) < 4.78 is 13.7. The number of methoxy groups -OCH3 is 2. The summed E-state index contributed by atoms with van der Waals surface area (Å²) in [4.78, 5) is 26.6. The quantitative estimate of drug-likeness (QED) is 0.436. The second-order valence-corrected chi connectivity index (χ2v) is 8.30. The van der Waals surface area contributed by atoms with E-state index in [1.807, 2.05) is 37.3 Å². The molecule has 1 N–H and O–H groups in total. The molecule has 1 atom stereocenters. The summed E-state index contributed by atoms with van der Waals surface area (Å²) >= 11 is 6.24. The Morgan fingerprint density at radius 3 is 2.41 bits per heavy atom. The van der Waals surface area contributed by atoms with Crippen molar-refractivity contribution in [1.82, 2.24) is 14.3 Å². The monoisotopic (exact) mass is 480 g/mol. The number of nitrogens with one attached hydrogen (secondary N) is 1. The number of anilines is 1. The largest absolute Gasteiger partial charge is 0.495 e. The number of halogens is 1. The molecular weight excluding hydrogens is 456 g/mol. The van der Waals surface area contributed by atoms with E-state index in [4.69, 9.17) is 21.1 Å². The van der Waals surface area contributed by atoms with Crippen LogP contribution in [0.2, 0.25) is 5.02 Å². The number of benzene rings is 2. The molecule has 1 unspecified atom stereocenters. The van der Waals surface area contributed by atoms with Crippen LogP contribution in [0.15, 0.2) is 53.3 Å². The molecule has 0 bridgehead atoms. The summed E-state index contributed by atoms with van der Waals surface area (Å²) in [6.07, 6.45) is 0. The lowest BCUT2D eigenvalue weighted by atomic mass is 10.0. The number of hydrogen-bond acceptors (Lipinski definition) is 5. The van der Waals surface area contributed by atoms with E-state index in [-0.39, 0.29) is 5.56 Å². The van der Waals surface area contributed by atoms with E-state index in [0.29, 0.717) is 27.9 Å². The van der Waals surface area contributed by atoms with Crippen molar-refractivity contribution in [3.05, 3.63) is 69.6 Å². The van der Waals surface area contributed by atoms with Gasteiger partial charge in [0, 0.05) is 24.6 Å². The Labute approximate surface area is 201 Å². The molecule has 0 spiro atoms. The minimum atomic E-state index is -0.847. The first-order valence-corrected chi connectivity index (χ1v) is 11.0. The average Bonchev–Trinajstić information content (AvgIpc) is 3.12. The number of aryl methyl sites for hydroxylation is 2. The molecule has 0 radical (unpaired) electrons. The number of aromatic nitrogens is 3. The topological polar surface area (TPSA) is 87.4 Å². The number of carbonyl (C=O) groups is 1. The van der Waals surface area contributed by atoms with Gasteiger partial charge in [-0.2, -0.15) is 5.10 Å². The van der Waals surface area contributed by atoms with Crippen molar-refractivity contribution < 1.29 is 14.3 Å². The smallest absolute Gasteiger partial charge is 0.253 e. The van der Waals surface area contributed by atoms with Crippen molar-refractivity contribution in [3.63, 3.8) is 0 Å². The molecule has 0 fully saturated rings. The van der Waals surface area contributed by atoms with Crippen molar-refractivity contribution in [2.75, 3.05) is 19.5 Å². The number of rotatable bonds is 6. The Bertz CT molecular complexity index is 1440. The molecule has 1 amide bonds. The minimum absolute atomic E-state index is 0.309. The number of ether oxygens (including phenoxy) is 2. The second-order valence-electron chi connectivity index (χ2n) is 7.89. The van der Waals surface area contributed by atoms with E-state index < -0.39 is 11.9 Å². The molecule has 0 aliphatic carbocycles. The molecule has 2 aromatic heterocycles. The molecule has 0 aliphatic rings. The third kappa shape index (κ3) is 4.01. The van der Waals surface area contributed by atoms with Gasteiger partial charge in [0.2, 0.25) is 5.91 Å². The van der Waals surface area contributed by atoms with Crippen LogP contribution in [-0.4, -0.2) is 34.5 Å². The van der Waals surface area contributed by atoms with Gasteiger partial charge in [0.1, 0.15) is 23.2 Å². The van der Waals surface area contributed by atoms with E-state index >= 15 is 0 Å². The predicted octanol–water partition coefficient (Wildman–Crippen LogP) is 4.58. The van der Waals surface area contributed by atoms with E-state index in [1.165, 1.54) is 18.8 Å². The summed E-state index contributed by atoms with van der Waals surface area (Å²) in [6.45, 7) is 3.55. The maximum absolute atomic E-state index is 13.3. The molecule has 8 nitrogen and oxygen atoms in total. The molecule has 176 valence electrons. The molecule has 4 aromatic rings. The number of pyridine rings is 1. The Kier molecular flexibility index (Phi) is 6.34. The molecule has 4 rings (SSSR count). The standard InChI is InChI=1S/C25H25ClN4O4/c1-14-23-17(16-9-7-6-8-10-16)11-22(31)30(25(23)29(3)28-14)15(2)24(32)27-19-12-18(26)20(33-4)13-21(19)34-5/h6-13,15H,1-5H3,(H,27,32). The molecule has 0 saturated carbocycles. The molecule has 0 aliphatic heterocycles. The van der Waals surface area contributed by atoms with E-state index in [2.05, 4.69) is 10.4 Å². The summed E-state index contributed by atoms with van der Waals surface area (Å²) in [7, 11) is 4.74. The van der Waals surface area contributed by atoms with Crippen molar-refractivity contribution in [2.24, 2.45) is 7.05 Å². The Hall–Kier alpha value is -3.78. The minimum Gasteiger partial charge on any atom is -0.495 e. The summed E-state index contributed by atoms with van der Waals surface area (Å²) in [5, 5.41) is 8.50. The molecule has 34 heavy (non-hydrogen) atoms. The summed E-state index contributed by atoms with van der Waals surface area (Å²) in [5.41, 5.74) is 3.07. The van der Waals surface area contributed by atoms with Crippen LogP contribution in [0.1, 0.15) is 18.7 Å². The van der Waals surface area contributed by atoms with Gasteiger partial charge in [-0.05, 0) is 31.0 Å². The fourth-order valence-corrected chi connectivity index (χ4v) is 4.38. The van der Waals surface area contributed by atoms with Crippen LogP contribution in [0.25, 0.3) is 22.2 Å². The number of fused-ring (bicyclic) bond motifs is 1. The van der Waals surface area contributed by atoms with Crippen LogP contribution >= 0.6 is 11.6 Å². The van der Waals surface area contributed by atoms with E-state index in [9.17, 15) is 9.59 Å². The van der Waals surface area contributed by atoms with Crippen LogP contribution in [0, 0.1) is 6.92 Å². The summed E-state index contributed by atoms with van der Waals surface area (Å²) in [5.74, 6) is 0.397. The fraction of sp³-hybridized carbons (Fsp3) is 0.240. The van der Waals surface area contributed by atoms with Crippen LogP contribution in [0.4, 0.5) is 5.69 Å². The van der Waals surface area contributed by atoms with Gasteiger partial charge >= 0.3 is 0 Å². The molecule has 2 heterocycles. The zero-order valence-electron chi connectivity index (χ0n) is 19.5. The highest BCUT2D eigenvalue weighted by Gasteiger charge is 2.25. The fourth-order valence-electron chi connectivity index (χ4n) is 4.14. The third-order valence-corrected chi connectivity index (χ3v) is 6.07. The first kappa shape index (κ1) is 23.4. The maximum Gasteiger partial charge on any atom is 0.253 e. The van der Waals surface area contributed by atoms with Crippen molar-refractivity contribution in [3.8, 4) is 22.6 Å². The van der Waals surface area contributed by atoms with Crippen molar-refractivity contribution in [2.45, 2.75) is 19.9 Å². The van der Waals surface area contributed by atoms with Gasteiger partial charge in [-0.3, -0.25) is 18.8 Å². The highest BCUT2D eigenvalue weighted by molar-refractivity contribution is 6.32. The zero-order chi connectivity index (χ0) is 24.6. The van der Waals surface area contributed by atoms with Crippen LogP contribution in [0.5, 0.6) is 11.5 Å². The van der Waals surface area contributed by atoms with Gasteiger partial charge in [0.05, 0.1) is 30.6 Å². The van der Waals surface area contributed by atoms with Gasteiger partial charge in [-0.25, -0.2) is 0 Å². The second kappa shape index (κ2) is 9.23. The number of amides is 1. The predicted molar refractivity (Wildman–Crippen MR) is 133 cm³/mol. The average molecular weight is 481 g/mol.